The molecule has 0 saturated carbocycles. The molecule has 0 bridgehead atoms. The summed E-state index contributed by atoms with van der Waals surface area (Å²) in [5.74, 6) is -0.636. The predicted molar refractivity (Wildman–Crippen MR) is 93.8 cm³/mol. The quantitative estimate of drug-likeness (QED) is 0.741. The second kappa shape index (κ2) is 6.57. The largest absolute Gasteiger partial charge is 0.345 e. The highest BCUT2D eigenvalue weighted by Gasteiger charge is 2.17. The monoisotopic (exact) mass is 342 g/mol. The number of hydrogen-bond donors (Lipinski definition) is 1. The molecule has 3 rings (SSSR count). The van der Waals surface area contributed by atoms with Gasteiger partial charge in [-0.15, -0.1) is 0 Å². The molecule has 0 aliphatic heterocycles. The van der Waals surface area contributed by atoms with Gasteiger partial charge in [-0.05, 0) is 44.2 Å². The summed E-state index contributed by atoms with van der Waals surface area (Å²) in [7, 11) is 0. The Morgan fingerprint density at radius 1 is 1.21 bits per heavy atom. The number of fused-ring (bicyclic) bond motifs is 1. The van der Waals surface area contributed by atoms with Crippen LogP contribution in [0.4, 0.5) is 4.39 Å². The molecule has 122 valence electrons. The van der Waals surface area contributed by atoms with Gasteiger partial charge in [-0.1, -0.05) is 29.8 Å². The number of aromatic nitrogens is 1. The average molecular weight is 343 g/mol. The van der Waals surface area contributed by atoms with Gasteiger partial charge in [0.15, 0.2) is 0 Å². The molecule has 2 aromatic carbocycles. The lowest BCUT2D eigenvalue weighted by Gasteiger charge is -2.16. The molecule has 1 aromatic heterocycles. The van der Waals surface area contributed by atoms with Gasteiger partial charge in [0.2, 0.25) is 0 Å². The van der Waals surface area contributed by atoms with Crippen LogP contribution in [-0.4, -0.2) is 10.9 Å². The second-order valence-electron chi connectivity index (χ2n) is 5.68. The molecule has 3 nitrogen and oxygen atoms in total. The number of benzene rings is 2. The summed E-state index contributed by atoms with van der Waals surface area (Å²) in [4.78, 5) is 17.0. The summed E-state index contributed by atoms with van der Waals surface area (Å²) in [5, 5.41) is 4.19. The molecule has 1 N–H and O–H groups in total. The lowest BCUT2D eigenvalue weighted by molar-refractivity contribution is 0.0938. The first kappa shape index (κ1) is 16.4. The highest BCUT2D eigenvalue weighted by molar-refractivity contribution is 6.31. The molecule has 0 spiro atoms. The Hall–Kier alpha value is -2.46. The fraction of sp³-hybridized carbons (Fsp3) is 0.158. The number of pyridine rings is 1. The van der Waals surface area contributed by atoms with Crippen LogP contribution in [0.3, 0.4) is 0 Å². The maximum absolute atomic E-state index is 13.8. The van der Waals surface area contributed by atoms with Gasteiger partial charge in [0, 0.05) is 16.0 Å². The Kier molecular flexibility index (Phi) is 4.49. The number of halogens is 2. The standard InChI is InChI=1S/C19H16ClFN2O/c1-11(15-5-3-4-6-17(15)21)23-19(24)16-10-13-9-14(20)7-8-18(13)22-12(16)2/h3-11H,1-2H3,(H,23,24). The normalized spacial score (nSPS) is 12.2. The molecule has 3 aromatic rings. The Morgan fingerprint density at radius 2 is 1.96 bits per heavy atom. The van der Waals surface area contributed by atoms with Crippen molar-refractivity contribution < 1.29 is 9.18 Å². The Balaban J connectivity index is 1.91. The maximum Gasteiger partial charge on any atom is 0.253 e. The summed E-state index contributed by atoms with van der Waals surface area (Å²) in [6, 6.07) is 13.0. The highest BCUT2D eigenvalue weighted by atomic mass is 35.5. The highest BCUT2D eigenvalue weighted by Crippen LogP contribution is 2.22. The molecule has 1 atom stereocenters. The number of aryl methyl sites for hydroxylation is 1. The zero-order valence-electron chi connectivity index (χ0n) is 13.3. The van der Waals surface area contributed by atoms with Gasteiger partial charge in [0.05, 0.1) is 22.8 Å². The number of nitrogens with one attached hydrogen (secondary N) is 1. The van der Waals surface area contributed by atoms with Crippen LogP contribution >= 0.6 is 11.6 Å². The summed E-state index contributed by atoms with van der Waals surface area (Å²) >= 11 is 6.00. The van der Waals surface area contributed by atoms with Gasteiger partial charge in [-0.25, -0.2) is 4.39 Å². The number of carbonyl (C=O) groups excluding carboxylic acids is 1. The van der Waals surface area contributed by atoms with E-state index < -0.39 is 6.04 Å². The lowest BCUT2D eigenvalue weighted by Crippen LogP contribution is -2.28. The molecule has 0 radical (unpaired) electrons. The molecule has 1 unspecified atom stereocenters. The SMILES string of the molecule is Cc1nc2ccc(Cl)cc2cc1C(=O)NC(C)c1ccccc1F. The number of hydrogen-bond acceptors (Lipinski definition) is 2. The minimum absolute atomic E-state index is 0.294. The summed E-state index contributed by atoms with van der Waals surface area (Å²) in [5.41, 5.74) is 2.28. The van der Waals surface area contributed by atoms with Crippen LogP contribution in [0.2, 0.25) is 5.02 Å². The zero-order chi connectivity index (χ0) is 17.3. The van der Waals surface area contributed by atoms with Crippen molar-refractivity contribution in [1.29, 1.82) is 0 Å². The van der Waals surface area contributed by atoms with E-state index in [-0.39, 0.29) is 11.7 Å². The molecule has 0 aliphatic carbocycles. The van der Waals surface area contributed by atoms with Crippen molar-refractivity contribution in [1.82, 2.24) is 10.3 Å². The molecule has 24 heavy (non-hydrogen) atoms. The van der Waals surface area contributed by atoms with Crippen LogP contribution in [0.15, 0.2) is 48.5 Å². The third kappa shape index (κ3) is 3.24. The van der Waals surface area contributed by atoms with E-state index in [0.717, 1.165) is 10.9 Å². The second-order valence-corrected chi connectivity index (χ2v) is 6.11. The summed E-state index contributed by atoms with van der Waals surface area (Å²) < 4.78 is 13.8. The fourth-order valence-corrected chi connectivity index (χ4v) is 2.83. The third-order valence-electron chi connectivity index (χ3n) is 3.93. The van der Waals surface area contributed by atoms with Crippen molar-refractivity contribution in [3.05, 3.63) is 76.2 Å². The minimum Gasteiger partial charge on any atom is -0.345 e. The van der Waals surface area contributed by atoms with E-state index in [1.54, 1.807) is 50.2 Å². The number of nitrogens with zero attached hydrogens (tertiary/aromatic N) is 1. The summed E-state index contributed by atoms with van der Waals surface area (Å²) in [6.07, 6.45) is 0. The summed E-state index contributed by atoms with van der Waals surface area (Å²) in [6.45, 7) is 3.52. The van der Waals surface area contributed by atoms with Crippen molar-refractivity contribution in [3.8, 4) is 0 Å². The lowest BCUT2D eigenvalue weighted by atomic mass is 10.1. The molecule has 0 aliphatic rings. The van der Waals surface area contributed by atoms with Gasteiger partial charge in [0.25, 0.3) is 5.91 Å². The van der Waals surface area contributed by atoms with E-state index in [2.05, 4.69) is 10.3 Å². The van der Waals surface area contributed by atoms with Crippen LogP contribution in [0.25, 0.3) is 10.9 Å². The first-order valence-corrected chi connectivity index (χ1v) is 7.95. The van der Waals surface area contributed by atoms with Crippen LogP contribution in [-0.2, 0) is 0 Å². The van der Waals surface area contributed by atoms with E-state index >= 15 is 0 Å². The molecule has 1 amide bonds. The molecule has 0 saturated heterocycles. The van der Waals surface area contributed by atoms with Crippen LogP contribution in [0.5, 0.6) is 0 Å². The van der Waals surface area contributed by atoms with Gasteiger partial charge in [0.1, 0.15) is 5.82 Å². The van der Waals surface area contributed by atoms with E-state index in [4.69, 9.17) is 11.6 Å². The van der Waals surface area contributed by atoms with Gasteiger partial charge in [-0.2, -0.15) is 0 Å². The van der Waals surface area contributed by atoms with Crippen molar-refractivity contribution >= 4 is 28.4 Å². The molecular weight excluding hydrogens is 327 g/mol. The number of carbonyl (C=O) groups is 1. The maximum atomic E-state index is 13.8. The van der Waals surface area contributed by atoms with Crippen LogP contribution in [0, 0.1) is 12.7 Å². The minimum atomic E-state index is -0.451. The van der Waals surface area contributed by atoms with Crippen molar-refractivity contribution in [2.24, 2.45) is 0 Å². The predicted octanol–water partition coefficient (Wildman–Crippen LogP) is 4.83. The van der Waals surface area contributed by atoms with Crippen molar-refractivity contribution in [2.45, 2.75) is 19.9 Å². The Bertz CT molecular complexity index is 926. The van der Waals surface area contributed by atoms with Gasteiger partial charge >= 0.3 is 0 Å². The van der Waals surface area contributed by atoms with E-state index in [1.165, 1.54) is 6.07 Å². The van der Waals surface area contributed by atoms with E-state index in [1.807, 2.05) is 6.07 Å². The van der Waals surface area contributed by atoms with Gasteiger partial charge in [-0.3, -0.25) is 9.78 Å². The van der Waals surface area contributed by atoms with Crippen LogP contribution in [0.1, 0.15) is 34.6 Å². The topological polar surface area (TPSA) is 42.0 Å². The molecule has 0 fully saturated rings. The first-order chi connectivity index (χ1) is 11.5. The average Bonchev–Trinajstić information content (AvgIpc) is 2.54. The first-order valence-electron chi connectivity index (χ1n) is 7.58. The van der Waals surface area contributed by atoms with Gasteiger partial charge < -0.3 is 5.32 Å². The zero-order valence-corrected chi connectivity index (χ0v) is 14.1. The van der Waals surface area contributed by atoms with E-state index in [9.17, 15) is 9.18 Å². The molecule has 5 heteroatoms. The molecular formula is C19H16ClFN2O. The Morgan fingerprint density at radius 3 is 2.71 bits per heavy atom. The smallest absolute Gasteiger partial charge is 0.253 e. The molecule has 1 heterocycles. The van der Waals surface area contributed by atoms with Crippen molar-refractivity contribution in [3.63, 3.8) is 0 Å². The third-order valence-corrected chi connectivity index (χ3v) is 4.17. The fourth-order valence-electron chi connectivity index (χ4n) is 2.65. The van der Waals surface area contributed by atoms with Crippen molar-refractivity contribution in [2.75, 3.05) is 0 Å². The number of rotatable bonds is 3. The van der Waals surface area contributed by atoms with Crippen LogP contribution < -0.4 is 5.32 Å². The Labute approximate surface area is 144 Å². The van der Waals surface area contributed by atoms with E-state index in [0.29, 0.717) is 21.8 Å². The number of amides is 1.